The van der Waals surface area contributed by atoms with Gasteiger partial charge in [0.05, 0.1) is 12.5 Å². The molecule has 1 fully saturated rings. The van der Waals surface area contributed by atoms with Crippen LogP contribution in [0, 0.1) is 0 Å². The number of aliphatic hydroxyl groups is 1. The van der Waals surface area contributed by atoms with Crippen LogP contribution in [0.25, 0.3) is 0 Å². The van der Waals surface area contributed by atoms with Crippen molar-refractivity contribution in [2.24, 2.45) is 11.5 Å². The van der Waals surface area contributed by atoms with Gasteiger partial charge in [0.1, 0.15) is 24.2 Å². The number of nitrogens with zero attached hydrogens (tertiary/aromatic N) is 1. The molecule has 5 atom stereocenters. The number of carbonyl (C=O) groups excluding carboxylic acids is 4. The van der Waals surface area contributed by atoms with Crippen molar-refractivity contribution >= 4 is 42.2 Å². The molecule has 0 saturated carbocycles. The van der Waals surface area contributed by atoms with Crippen LogP contribution >= 0.6 is 12.6 Å². The molecule has 0 spiro atoms. The number of amides is 4. The highest BCUT2D eigenvalue weighted by atomic mass is 32.1. The molecule has 12 nitrogen and oxygen atoms in total. The van der Waals surface area contributed by atoms with Crippen molar-refractivity contribution in [2.45, 2.75) is 56.5 Å². The summed E-state index contributed by atoms with van der Waals surface area (Å²) in [6, 6.07) is -4.95. The summed E-state index contributed by atoms with van der Waals surface area (Å²) in [5.41, 5.74) is 10.6. The first-order valence-corrected chi connectivity index (χ1v) is 9.59. The number of hydrogen-bond donors (Lipinski definition) is 7. The van der Waals surface area contributed by atoms with Crippen LogP contribution in [-0.2, 0) is 24.0 Å². The number of likely N-dealkylation sites (tertiary alicyclic amines) is 1. The van der Waals surface area contributed by atoms with E-state index in [9.17, 15) is 34.2 Å². The Morgan fingerprint density at radius 1 is 1.17 bits per heavy atom. The number of aliphatic carboxylic acids is 1. The molecule has 1 aliphatic heterocycles. The van der Waals surface area contributed by atoms with E-state index in [2.05, 4.69) is 23.3 Å². The Balaban J connectivity index is 2.89. The van der Waals surface area contributed by atoms with E-state index in [1.165, 1.54) is 6.92 Å². The first-order valence-electron chi connectivity index (χ1n) is 8.96. The maximum atomic E-state index is 12.7. The van der Waals surface area contributed by atoms with Gasteiger partial charge in [-0.2, -0.15) is 12.6 Å². The van der Waals surface area contributed by atoms with Crippen LogP contribution in [-0.4, -0.2) is 87.3 Å². The van der Waals surface area contributed by atoms with E-state index >= 15 is 0 Å². The Morgan fingerprint density at radius 2 is 1.76 bits per heavy atom. The number of carboxylic acid groups (broad SMARTS) is 1. The van der Waals surface area contributed by atoms with E-state index in [0.29, 0.717) is 12.8 Å². The quantitative estimate of drug-likeness (QED) is 0.172. The van der Waals surface area contributed by atoms with E-state index in [4.69, 9.17) is 11.5 Å². The number of carbonyl (C=O) groups is 5. The number of nitrogens with one attached hydrogen (secondary N) is 2. The maximum absolute atomic E-state index is 12.7. The van der Waals surface area contributed by atoms with Gasteiger partial charge < -0.3 is 37.2 Å². The molecule has 0 radical (unpaired) electrons. The second-order valence-electron chi connectivity index (χ2n) is 6.77. The summed E-state index contributed by atoms with van der Waals surface area (Å²) in [4.78, 5) is 60.9. The lowest BCUT2D eigenvalue weighted by Gasteiger charge is -2.28. The summed E-state index contributed by atoms with van der Waals surface area (Å²) in [6.45, 7) is 1.50. The second-order valence-corrected chi connectivity index (χ2v) is 7.13. The van der Waals surface area contributed by atoms with E-state index in [0.717, 1.165) is 4.90 Å². The van der Waals surface area contributed by atoms with Gasteiger partial charge in [0.15, 0.2) is 0 Å². The summed E-state index contributed by atoms with van der Waals surface area (Å²) >= 11 is 4.03. The molecule has 164 valence electrons. The summed E-state index contributed by atoms with van der Waals surface area (Å²) in [7, 11) is 0. The molecule has 5 unspecified atom stereocenters. The number of carboxylic acids is 1. The average molecular weight is 433 g/mol. The molecule has 4 amide bonds. The predicted molar refractivity (Wildman–Crippen MR) is 104 cm³/mol. The van der Waals surface area contributed by atoms with E-state index in [-0.39, 0.29) is 12.3 Å². The van der Waals surface area contributed by atoms with Gasteiger partial charge in [-0.1, -0.05) is 0 Å². The zero-order valence-corrected chi connectivity index (χ0v) is 16.8. The SMILES string of the molecule is CC(O)C(N)C(=O)NC(CC(N)=O)C(=O)NC(CS)C(=O)N1CCCC1C(=O)O. The number of thiol groups is 1. The van der Waals surface area contributed by atoms with Gasteiger partial charge in [0, 0.05) is 12.3 Å². The lowest BCUT2D eigenvalue weighted by atomic mass is 10.1. The Kier molecular flexibility index (Phi) is 9.33. The predicted octanol–water partition coefficient (Wildman–Crippen LogP) is -3.46. The molecule has 0 aliphatic carbocycles. The molecular formula is C16H27N5O7S. The summed E-state index contributed by atoms with van der Waals surface area (Å²) in [5.74, 6) is -4.60. The first kappa shape index (κ1) is 24.7. The number of hydrogen-bond acceptors (Lipinski definition) is 8. The van der Waals surface area contributed by atoms with Crippen LogP contribution in [0.15, 0.2) is 0 Å². The molecule has 1 heterocycles. The number of nitrogens with two attached hydrogens (primary N) is 2. The van der Waals surface area contributed by atoms with Crippen LogP contribution in [0.3, 0.4) is 0 Å². The molecule has 1 rings (SSSR count). The Labute approximate surface area is 172 Å². The minimum absolute atomic E-state index is 0.141. The van der Waals surface area contributed by atoms with Crippen molar-refractivity contribution in [1.82, 2.24) is 15.5 Å². The third-order valence-electron chi connectivity index (χ3n) is 4.48. The molecule has 0 aromatic heterocycles. The van der Waals surface area contributed by atoms with Crippen LogP contribution in [0.1, 0.15) is 26.2 Å². The Hall–Kier alpha value is -2.38. The molecule has 1 aliphatic rings. The summed E-state index contributed by atoms with van der Waals surface area (Å²) < 4.78 is 0. The van der Waals surface area contributed by atoms with Gasteiger partial charge in [-0.15, -0.1) is 0 Å². The lowest BCUT2D eigenvalue weighted by Crippen LogP contribution is -2.59. The fourth-order valence-corrected chi connectivity index (χ4v) is 3.09. The van der Waals surface area contributed by atoms with Gasteiger partial charge in [-0.3, -0.25) is 19.2 Å². The third-order valence-corrected chi connectivity index (χ3v) is 4.84. The minimum Gasteiger partial charge on any atom is -0.480 e. The highest BCUT2D eigenvalue weighted by Gasteiger charge is 2.38. The molecular weight excluding hydrogens is 406 g/mol. The molecule has 1 saturated heterocycles. The number of rotatable bonds is 10. The molecule has 13 heteroatoms. The molecule has 8 N–H and O–H groups in total. The molecule has 0 aromatic rings. The highest BCUT2D eigenvalue weighted by molar-refractivity contribution is 7.80. The Morgan fingerprint density at radius 3 is 2.24 bits per heavy atom. The minimum atomic E-state index is -1.44. The topological polar surface area (TPSA) is 205 Å². The van der Waals surface area contributed by atoms with Crippen molar-refractivity contribution in [3.8, 4) is 0 Å². The fraction of sp³-hybridized carbons (Fsp3) is 0.688. The van der Waals surface area contributed by atoms with Gasteiger partial charge in [-0.25, -0.2) is 4.79 Å². The summed E-state index contributed by atoms with van der Waals surface area (Å²) in [6.07, 6.45) is -0.972. The lowest BCUT2D eigenvalue weighted by molar-refractivity contribution is -0.149. The third kappa shape index (κ3) is 6.87. The van der Waals surface area contributed by atoms with Gasteiger partial charge in [-0.05, 0) is 19.8 Å². The van der Waals surface area contributed by atoms with Crippen molar-refractivity contribution in [1.29, 1.82) is 0 Å². The second kappa shape index (κ2) is 11.0. The molecule has 0 aromatic carbocycles. The zero-order chi connectivity index (χ0) is 22.3. The maximum Gasteiger partial charge on any atom is 0.326 e. The van der Waals surface area contributed by atoms with E-state index in [1.54, 1.807) is 0 Å². The number of primary amides is 1. The van der Waals surface area contributed by atoms with Crippen molar-refractivity contribution < 1.29 is 34.2 Å². The largest absolute Gasteiger partial charge is 0.480 e. The van der Waals surface area contributed by atoms with E-state index in [1.807, 2.05) is 0 Å². The van der Waals surface area contributed by atoms with Gasteiger partial charge in [0.2, 0.25) is 23.6 Å². The van der Waals surface area contributed by atoms with Crippen LogP contribution in [0.4, 0.5) is 0 Å². The van der Waals surface area contributed by atoms with Gasteiger partial charge in [0.25, 0.3) is 0 Å². The fourth-order valence-electron chi connectivity index (χ4n) is 2.84. The van der Waals surface area contributed by atoms with E-state index < -0.39 is 66.3 Å². The standard InChI is InChI=1S/C16H27N5O7S/c1-7(22)12(18)14(25)19-8(5-11(17)23)13(24)20-9(6-29)15(26)21-4-2-3-10(21)16(27)28/h7-10,12,22,29H,2-6,18H2,1H3,(H2,17,23)(H,19,25)(H,20,24)(H,27,28). The first-order chi connectivity index (χ1) is 13.5. The van der Waals surface area contributed by atoms with Crippen molar-refractivity contribution in [3.63, 3.8) is 0 Å². The molecule has 0 bridgehead atoms. The zero-order valence-electron chi connectivity index (χ0n) is 15.9. The smallest absolute Gasteiger partial charge is 0.326 e. The van der Waals surface area contributed by atoms with Crippen molar-refractivity contribution in [2.75, 3.05) is 12.3 Å². The Bertz CT molecular complexity index is 660. The summed E-state index contributed by atoms with van der Waals surface area (Å²) in [5, 5.41) is 23.2. The van der Waals surface area contributed by atoms with Crippen molar-refractivity contribution in [3.05, 3.63) is 0 Å². The normalized spacial score (nSPS) is 20.3. The van der Waals surface area contributed by atoms with Gasteiger partial charge >= 0.3 is 5.97 Å². The number of aliphatic hydroxyl groups excluding tert-OH is 1. The van der Waals surface area contributed by atoms with Crippen LogP contribution in [0.5, 0.6) is 0 Å². The van der Waals surface area contributed by atoms with Crippen LogP contribution in [0.2, 0.25) is 0 Å². The monoisotopic (exact) mass is 433 g/mol. The van der Waals surface area contributed by atoms with Crippen LogP contribution < -0.4 is 22.1 Å². The highest BCUT2D eigenvalue weighted by Crippen LogP contribution is 2.18. The average Bonchev–Trinajstić information content (AvgIpc) is 3.13. The molecule has 29 heavy (non-hydrogen) atoms.